The average Bonchev–Trinajstić information content (AvgIpc) is 3.00. The van der Waals surface area contributed by atoms with Crippen LogP contribution in [0.15, 0.2) is 5.16 Å². The van der Waals surface area contributed by atoms with Crippen molar-refractivity contribution in [1.29, 1.82) is 0 Å². The second-order valence-corrected chi connectivity index (χ2v) is 5.84. The highest BCUT2D eigenvalue weighted by molar-refractivity contribution is 5.94. The molecule has 2 saturated carbocycles. The number of aliphatic hydroxyl groups is 1. The van der Waals surface area contributed by atoms with Gasteiger partial charge in [-0.1, -0.05) is 5.16 Å². The van der Waals surface area contributed by atoms with Gasteiger partial charge in [0.05, 0.1) is 18.4 Å². The summed E-state index contributed by atoms with van der Waals surface area (Å²) in [5.74, 6) is 1.26. The van der Waals surface area contributed by atoms with Crippen LogP contribution in [0.2, 0.25) is 0 Å². The predicted octanol–water partition coefficient (Wildman–Crippen LogP) is 0.225. The van der Waals surface area contributed by atoms with Crippen LogP contribution in [-0.2, 0) is 0 Å². The molecule has 3 rings (SSSR count). The zero-order chi connectivity index (χ0) is 12.5. The predicted molar refractivity (Wildman–Crippen MR) is 68.9 cm³/mol. The lowest BCUT2D eigenvalue weighted by Crippen LogP contribution is -2.54. The molecule has 0 aromatic rings. The van der Waals surface area contributed by atoms with Gasteiger partial charge in [0, 0.05) is 38.6 Å². The number of piperazine rings is 1. The highest BCUT2D eigenvalue weighted by atomic mass is 16.4. The van der Waals surface area contributed by atoms with E-state index in [2.05, 4.69) is 15.0 Å². The van der Waals surface area contributed by atoms with E-state index in [-0.39, 0.29) is 6.61 Å². The van der Waals surface area contributed by atoms with E-state index < -0.39 is 0 Å². The number of oxime groups is 1. The van der Waals surface area contributed by atoms with Crippen molar-refractivity contribution < 1.29 is 10.3 Å². The summed E-state index contributed by atoms with van der Waals surface area (Å²) in [6.45, 7) is 5.14. The van der Waals surface area contributed by atoms with Gasteiger partial charge in [-0.15, -0.1) is 0 Å². The molecule has 1 heterocycles. The molecule has 5 heteroatoms. The lowest BCUT2D eigenvalue weighted by Gasteiger charge is -2.40. The van der Waals surface area contributed by atoms with E-state index in [0.29, 0.717) is 17.9 Å². The quantitative estimate of drug-likeness (QED) is 0.558. The maximum absolute atomic E-state index is 9.24. The first-order valence-electron chi connectivity index (χ1n) is 7.12. The van der Waals surface area contributed by atoms with Gasteiger partial charge in [-0.05, 0) is 25.2 Å². The maximum Gasteiger partial charge on any atom is 0.0775 e. The summed E-state index contributed by atoms with van der Waals surface area (Å²) in [4.78, 5) is 4.80. The number of hydrogen-bond donors (Lipinski definition) is 2. The average molecular weight is 253 g/mol. The van der Waals surface area contributed by atoms with Gasteiger partial charge in [-0.25, -0.2) is 0 Å². The van der Waals surface area contributed by atoms with Crippen LogP contribution in [0.1, 0.15) is 19.3 Å². The number of fused-ring (bicyclic) bond motifs is 2. The first-order chi connectivity index (χ1) is 8.83. The van der Waals surface area contributed by atoms with E-state index in [9.17, 15) is 5.21 Å². The van der Waals surface area contributed by atoms with Gasteiger partial charge in [-0.3, -0.25) is 9.80 Å². The second-order valence-electron chi connectivity index (χ2n) is 5.84. The van der Waals surface area contributed by atoms with Crippen LogP contribution in [-0.4, -0.2) is 71.2 Å². The Bertz CT molecular complexity index is 326. The van der Waals surface area contributed by atoms with E-state index in [1.807, 2.05) is 0 Å². The smallest absolute Gasteiger partial charge is 0.0775 e. The fourth-order valence-corrected chi connectivity index (χ4v) is 4.09. The Kier molecular flexibility index (Phi) is 3.54. The third kappa shape index (κ3) is 2.04. The summed E-state index contributed by atoms with van der Waals surface area (Å²) in [6.07, 6.45) is 3.73. The number of rotatable bonds is 3. The molecule has 5 nitrogen and oxygen atoms in total. The highest BCUT2D eigenvalue weighted by Gasteiger charge is 2.48. The summed E-state index contributed by atoms with van der Waals surface area (Å²) in [5, 5.41) is 21.8. The number of aliphatic hydroxyl groups excluding tert-OH is 1. The van der Waals surface area contributed by atoms with Gasteiger partial charge in [-0.2, -0.15) is 0 Å². The van der Waals surface area contributed by atoms with E-state index in [0.717, 1.165) is 38.4 Å². The van der Waals surface area contributed by atoms with E-state index >= 15 is 0 Å². The molecule has 2 N–H and O–H groups in total. The van der Waals surface area contributed by atoms with Gasteiger partial charge in [0.1, 0.15) is 0 Å². The minimum absolute atomic E-state index is 0.247. The fraction of sp³-hybridized carbons (Fsp3) is 0.923. The molecule has 18 heavy (non-hydrogen) atoms. The molecule has 0 amide bonds. The topological polar surface area (TPSA) is 59.3 Å². The SMILES string of the molecule is OCCN1CCN(C2/C(=N/O)C3CCC2C3)CC1. The first-order valence-corrected chi connectivity index (χ1v) is 7.12. The number of hydrogen-bond acceptors (Lipinski definition) is 5. The van der Waals surface area contributed by atoms with E-state index in [4.69, 9.17) is 5.11 Å². The molecule has 1 saturated heterocycles. The molecule has 3 atom stereocenters. The second kappa shape index (κ2) is 5.15. The minimum atomic E-state index is 0.247. The van der Waals surface area contributed by atoms with Crippen LogP contribution in [0.3, 0.4) is 0 Å². The first kappa shape index (κ1) is 12.4. The van der Waals surface area contributed by atoms with Gasteiger partial charge in [0.25, 0.3) is 0 Å². The van der Waals surface area contributed by atoms with E-state index in [1.54, 1.807) is 0 Å². The Morgan fingerprint density at radius 1 is 1.17 bits per heavy atom. The Hall–Kier alpha value is -0.650. The monoisotopic (exact) mass is 253 g/mol. The maximum atomic E-state index is 9.24. The zero-order valence-corrected chi connectivity index (χ0v) is 10.8. The molecular formula is C13H23N3O2. The molecule has 3 aliphatic rings. The Labute approximate surface area is 108 Å². The molecule has 0 aromatic carbocycles. The lowest BCUT2D eigenvalue weighted by atomic mass is 9.91. The molecule has 0 spiro atoms. The molecule has 2 bridgehead atoms. The van der Waals surface area contributed by atoms with Crippen molar-refractivity contribution in [2.45, 2.75) is 25.3 Å². The molecule has 0 aromatic heterocycles. The van der Waals surface area contributed by atoms with Gasteiger partial charge >= 0.3 is 0 Å². The van der Waals surface area contributed by atoms with Crippen LogP contribution in [0.5, 0.6) is 0 Å². The lowest BCUT2D eigenvalue weighted by molar-refractivity contribution is 0.0863. The summed E-state index contributed by atoms with van der Waals surface area (Å²) in [6, 6.07) is 0.394. The van der Waals surface area contributed by atoms with Crippen LogP contribution in [0.25, 0.3) is 0 Å². The van der Waals surface area contributed by atoms with Crippen molar-refractivity contribution >= 4 is 5.71 Å². The molecule has 0 radical (unpaired) electrons. The van der Waals surface area contributed by atoms with Crippen molar-refractivity contribution in [3.63, 3.8) is 0 Å². The molecule has 1 aliphatic heterocycles. The van der Waals surface area contributed by atoms with Crippen molar-refractivity contribution in [2.75, 3.05) is 39.3 Å². The highest BCUT2D eigenvalue weighted by Crippen LogP contribution is 2.45. The summed E-state index contributed by atoms with van der Waals surface area (Å²) in [5.41, 5.74) is 1.04. The Balaban J connectivity index is 1.62. The van der Waals surface area contributed by atoms with Crippen LogP contribution < -0.4 is 0 Å². The molecular weight excluding hydrogens is 230 g/mol. The van der Waals surface area contributed by atoms with Gasteiger partial charge in [0.2, 0.25) is 0 Å². The molecule has 3 unspecified atom stereocenters. The normalized spacial score (nSPS) is 39.8. The van der Waals surface area contributed by atoms with Crippen molar-refractivity contribution in [3.8, 4) is 0 Å². The molecule has 2 aliphatic carbocycles. The third-order valence-electron chi connectivity index (χ3n) is 4.97. The van der Waals surface area contributed by atoms with Gasteiger partial charge in [0.15, 0.2) is 0 Å². The van der Waals surface area contributed by atoms with Crippen LogP contribution >= 0.6 is 0 Å². The van der Waals surface area contributed by atoms with Crippen molar-refractivity contribution in [2.24, 2.45) is 17.0 Å². The third-order valence-corrected chi connectivity index (χ3v) is 4.97. The van der Waals surface area contributed by atoms with Crippen LogP contribution in [0, 0.1) is 11.8 Å². The summed E-state index contributed by atoms with van der Waals surface area (Å²) in [7, 11) is 0. The van der Waals surface area contributed by atoms with Crippen LogP contribution in [0.4, 0.5) is 0 Å². The standard InChI is InChI=1S/C13H23N3O2/c17-8-7-15-3-5-16(6-4-15)13-11-2-1-10(9-11)12(13)14-18/h10-11,13,17-18H,1-9H2/b14-12+. The summed E-state index contributed by atoms with van der Waals surface area (Å²) >= 11 is 0. The van der Waals surface area contributed by atoms with Crippen molar-refractivity contribution in [3.05, 3.63) is 0 Å². The summed E-state index contributed by atoms with van der Waals surface area (Å²) < 4.78 is 0. The van der Waals surface area contributed by atoms with Crippen molar-refractivity contribution in [1.82, 2.24) is 9.80 Å². The number of nitrogens with zero attached hydrogens (tertiary/aromatic N) is 3. The molecule has 102 valence electrons. The van der Waals surface area contributed by atoms with E-state index in [1.165, 1.54) is 19.3 Å². The minimum Gasteiger partial charge on any atom is -0.411 e. The Morgan fingerprint density at radius 3 is 2.61 bits per heavy atom. The fourth-order valence-electron chi connectivity index (χ4n) is 4.09. The Morgan fingerprint density at radius 2 is 1.94 bits per heavy atom. The largest absolute Gasteiger partial charge is 0.411 e. The molecule has 3 fully saturated rings. The number of β-amino-alcohol motifs (C(OH)–C–C–N with tert-alkyl or cyclic N) is 1. The van der Waals surface area contributed by atoms with Gasteiger partial charge < -0.3 is 10.3 Å². The zero-order valence-electron chi connectivity index (χ0n) is 10.8.